The second kappa shape index (κ2) is 9.27. The number of carbonyl (C=O) groups excluding carboxylic acids is 1. The molecule has 2 aliphatic heterocycles. The van der Waals surface area contributed by atoms with Crippen LogP contribution in [0.15, 0.2) is 53.5 Å². The quantitative estimate of drug-likeness (QED) is 0.492. The molecule has 5 rings (SSSR count). The number of aliphatic imine (C=N–C) groups is 1. The van der Waals surface area contributed by atoms with Crippen molar-refractivity contribution in [2.24, 2.45) is 4.99 Å². The largest absolute Gasteiger partial charge is 0.490 e. The number of anilines is 1. The van der Waals surface area contributed by atoms with Crippen molar-refractivity contribution in [3.8, 4) is 5.75 Å². The Kier molecular flexibility index (Phi) is 6.05. The number of halogens is 2. The van der Waals surface area contributed by atoms with Gasteiger partial charge in [0.25, 0.3) is 5.91 Å². The average molecular weight is 450 g/mol. The summed E-state index contributed by atoms with van der Waals surface area (Å²) in [5.74, 6) is -1.29. The monoisotopic (exact) mass is 449 g/mol. The maximum atomic E-state index is 14.5. The van der Waals surface area contributed by atoms with Gasteiger partial charge in [0.15, 0.2) is 11.6 Å². The van der Waals surface area contributed by atoms with Crippen LogP contribution in [0.3, 0.4) is 0 Å². The molecule has 0 bridgehead atoms. The first-order valence-corrected chi connectivity index (χ1v) is 11.3. The van der Waals surface area contributed by atoms with Crippen LogP contribution in [0.1, 0.15) is 28.8 Å². The number of amides is 1. The molecule has 1 saturated heterocycles. The molecular formula is C26H25F2N3O2. The van der Waals surface area contributed by atoms with Crippen molar-refractivity contribution < 1.29 is 18.3 Å². The minimum Gasteiger partial charge on any atom is -0.490 e. The van der Waals surface area contributed by atoms with Crippen molar-refractivity contribution in [2.75, 3.05) is 44.2 Å². The van der Waals surface area contributed by atoms with Gasteiger partial charge in [-0.1, -0.05) is 18.2 Å². The number of rotatable bonds is 7. The molecule has 1 amide bonds. The fraction of sp³-hybridized carbons (Fsp3) is 0.308. The Morgan fingerprint density at radius 3 is 2.67 bits per heavy atom. The standard InChI is InChI=1S/C26H25F2N3O2/c27-20-8-6-18-4-3-5-22(21(18)16-20)31-13-11-30(12-14-31)10-1-2-15-33-23-9-7-19-17-29-26(32)24(19)25(23)28/h3-9,16-17H,1-2,10-15H2. The maximum Gasteiger partial charge on any atom is 0.280 e. The van der Waals surface area contributed by atoms with Crippen molar-refractivity contribution in [1.82, 2.24) is 4.90 Å². The Bertz CT molecular complexity index is 1220. The third-order valence-corrected chi connectivity index (χ3v) is 6.33. The summed E-state index contributed by atoms with van der Waals surface area (Å²) >= 11 is 0. The fourth-order valence-electron chi connectivity index (χ4n) is 4.54. The summed E-state index contributed by atoms with van der Waals surface area (Å²) in [6.07, 6.45) is 3.11. The molecule has 0 spiro atoms. The van der Waals surface area contributed by atoms with Gasteiger partial charge in [-0.3, -0.25) is 9.69 Å². The molecule has 0 atom stereocenters. The van der Waals surface area contributed by atoms with Gasteiger partial charge in [-0.15, -0.1) is 0 Å². The van der Waals surface area contributed by atoms with E-state index in [1.165, 1.54) is 12.3 Å². The Hall–Kier alpha value is -3.32. The lowest BCUT2D eigenvalue weighted by Crippen LogP contribution is -2.46. The maximum absolute atomic E-state index is 14.5. The second-order valence-corrected chi connectivity index (χ2v) is 8.43. The predicted molar refractivity (Wildman–Crippen MR) is 126 cm³/mol. The van der Waals surface area contributed by atoms with Gasteiger partial charge < -0.3 is 9.64 Å². The van der Waals surface area contributed by atoms with E-state index in [0.29, 0.717) is 12.2 Å². The van der Waals surface area contributed by atoms with Gasteiger partial charge in [-0.2, -0.15) is 0 Å². The first-order chi connectivity index (χ1) is 16.1. The molecule has 0 saturated carbocycles. The zero-order valence-corrected chi connectivity index (χ0v) is 18.3. The van der Waals surface area contributed by atoms with Gasteiger partial charge in [0, 0.05) is 49.0 Å². The van der Waals surface area contributed by atoms with E-state index in [1.54, 1.807) is 18.2 Å². The van der Waals surface area contributed by atoms with E-state index in [9.17, 15) is 13.6 Å². The molecule has 2 aliphatic rings. The lowest BCUT2D eigenvalue weighted by atomic mass is 10.1. The molecule has 3 aromatic rings. The van der Waals surface area contributed by atoms with Crippen LogP contribution in [0.2, 0.25) is 0 Å². The lowest BCUT2D eigenvalue weighted by Gasteiger charge is -2.36. The summed E-state index contributed by atoms with van der Waals surface area (Å²) in [5.41, 5.74) is 1.58. The molecule has 0 aromatic heterocycles. The minimum absolute atomic E-state index is 0.000644. The number of piperazine rings is 1. The summed E-state index contributed by atoms with van der Waals surface area (Å²) in [5, 5.41) is 2.00. The van der Waals surface area contributed by atoms with Crippen LogP contribution in [0.25, 0.3) is 10.8 Å². The molecule has 0 aliphatic carbocycles. The molecule has 0 unspecified atom stereocenters. The Morgan fingerprint density at radius 1 is 0.970 bits per heavy atom. The predicted octanol–water partition coefficient (Wildman–Crippen LogP) is 4.67. The van der Waals surface area contributed by atoms with E-state index in [0.717, 1.165) is 62.0 Å². The molecule has 0 radical (unpaired) electrons. The van der Waals surface area contributed by atoms with Crippen LogP contribution in [0.4, 0.5) is 14.5 Å². The fourth-order valence-corrected chi connectivity index (χ4v) is 4.54. The van der Waals surface area contributed by atoms with Crippen molar-refractivity contribution >= 4 is 28.6 Å². The van der Waals surface area contributed by atoms with E-state index in [4.69, 9.17) is 4.74 Å². The number of fused-ring (bicyclic) bond motifs is 2. The van der Waals surface area contributed by atoms with Crippen molar-refractivity contribution in [1.29, 1.82) is 0 Å². The SMILES string of the molecule is O=C1N=Cc2ccc(OCCCCN3CCN(c4cccc5ccc(F)cc45)CC3)c(F)c21. The van der Waals surface area contributed by atoms with E-state index >= 15 is 0 Å². The van der Waals surface area contributed by atoms with Gasteiger partial charge >= 0.3 is 0 Å². The Labute approximate surface area is 191 Å². The van der Waals surface area contributed by atoms with Crippen LogP contribution >= 0.6 is 0 Å². The normalized spacial score (nSPS) is 15.9. The number of hydrogen-bond acceptors (Lipinski definition) is 4. The van der Waals surface area contributed by atoms with E-state index in [-0.39, 0.29) is 17.1 Å². The van der Waals surface area contributed by atoms with Crippen LogP contribution in [-0.2, 0) is 0 Å². The van der Waals surface area contributed by atoms with Crippen molar-refractivity contribution in [2.45, 2.75) is 12.8 Å². The second-order valence-electron chi connectivity index (χ2n) is 8.43. The number of hydrogen-bond donors (Lipinski definition) is 0. The highest BCUT2D eigenvalue weighted by Gasteiger charge is 2.23. The molecular weight excluding hydrogens is 424 g/mol. The molecule has 5 nitrogen and oxygen atoms in total. The summed E-state index contributed by atoms with van der Waals surface area (Å²) in [6.45, 7) is 5.00. The first-order valence-electron chi connectivity index (χ1n) is 11.3. The zero-order valence-electron chi connectivity index (χ0n) is 18.3. The van der Waals surface area contributed by atoms with E-state index in [2.05, 4.69) is 20.9 Å². The highest BCUT2D eigenvalue weighted by atomic mass is 19.1. The summed E-state index contributed by atoms with van der Waals surface area (Å²) in [6, 6.07) is 14.2. The average Bonchev–Trinajstić information content (AvgIpc) is 3.21. The molecule has 7 heteroatoms. The van der Waals surface area contributed by atoms with E-state index < -0.39 is 11.7 Å². The van der Waals surface area contributed by atoms with Crippen molar-refractivity contribution in [3.63, 3.8) is 0 Å². The van der Waals surface area contributed by atoms with Crippen molar-refractivity contribution in [3.05, 3.63) is 71.3 Å². The molecule has 33 heavy (non-hydrogen) atoms. The van der Waals surface area contributed by atoms with E-state index in [1.807, 2.05) is 18.2 Å². The topological polar surface area (TPSA) is 45.1 Å². The lowest BCUT2D eigenvalue weighted by molar-refractivity contribution is 0.100. The molecule has 0 N–H and O–H groups in total. The highest BCUT2D eigenvalue weighted by Crippen LogP contribution is 2.29. The molecule has 3 aromatic carbocycles. The minimum atomic E-state index is -0.626. The van der Waals surface area contributed by atoms with Crippen LogP contribution < -0.4 is 9.64 Å². The van der Waals surface area contributed by atoms with Gasteiger partial charge in [0.2, 0.25) is 0 Å². The molecule has 2 heterocycles. The smallest absolute Gasteiger partial charge is 0.280 e. The highest BCUT2D eigenvalue weighted by molar-refractivity contribution is 6.13. The number of ether oxygens (including phenoxy) is 1. The van der Waals surface area contributed by atoms with Gasteiger partial charge in [0.1, 0.15) is 5.82 Å². The van der Waals surface area contributed by atoms with Crippen LogP contribution in [0.5, 0.6) is 5.75 Å². The number of carbonyl (C=O) groups is 1. The number of benzene rings is 3. The summed E-state index contributed by atoms with van der Waals surface area (Å²) in [4.78, 5) is 20.0. The van der Waals surface area contributed by atoms with Crippen LogP contribution in [-0.4, -0.2) is 56.4 Å². The van der Waals surface area contributed by atoms with Gasteiger partial charge in [0.05, 0.1) is 12.2 Å². The first kappa shape index (κ1) is 21.5. The van der Waals surface area contributed by atoms with Gasteiger partial charge in [-0.05, 0) is 55.1 Å². The number of nitrogens with zero attached hydrogens (tertiary/aromatic N) is 3. The summed E-state index contributed by atoms with van der Waals surface area (Å²) in [7, 11) is 0. The van der Waals surface area contributed by atoms with Crippen LogP contribution in [0, 0.1) is 11.6 Å². The third kappa shape index (κ3) is 4.46. The Morgan fingerprint density at radius 2 is 1.82 bits per heavy atom. The third-order valence-electron chi connectivity index (χ3n) is 6.33. The summed E-state index contributed by atoms with van der Waals surface area (Å²) < 4.78 is 33.8. The van der Waals surface area contributed by atoms with Gasteiger partial charge in [-0.25, -0.2) is 13.8 Å². The molecule has 1 fully saturated rings. The Balaban J connectivity index is 1.08. The zero-order chi connectivity index (χ0) is 22.8. The number of unbranched alkanes of at least 4 members (excludes halogenated alkanes) is 1. The molecule has 170 valence electrons.